The minimum atomic E-state index is -4.51. The van der Waals surface area contributed by atoms with E-state index in [0.29, 0.717) is 13.0 Å². The Bertz CT molecular complexity index is 851. The molecule has 0 fully saturated rings. The average Bonchev–Trinajstić information content (AvgIpc) is 3.12. The van der Waals surface area contributed by atoms with Gasteiger partial charge in [-0.05, 0) is 44.9 Å². The summed E-state index contributed by atoms with van der Waals surface area (Å²) in [5.41, 5.74) is 0. The van der Waals surface area contributed by atoms with Crippen molar-refractivity contribution in [3.05, 3.63) is 24.3 Å². The topological polar surface area (TPSA) is 132 Å². The lowest BCUT2D eigenvalue weighted by molar-refractivity contribution is -0.154. The Balaban J connectivity index is 4.21. The maximum Gasteiger partial charge on any atom is 0.472 e. The molecule has 0 rings (SSSR count). The molecule has 3 atom stereocenters. The number of allylic oxidation sites excluding steroid dienone is 4. The molecule has 0 heterocycles. The Morgan fingerprint density at radius 1 is 0.608 bits per heavy atom. The van der Waals surface area contributed by atoms with Crippen molar-refractivity contribution in [2.24, 2.45) is 0 Å². The Morgan fingerprint density at radius 2 is 1.06 bits per heavy atom. The van der Waals surface area contributed by atoms with Crippen molar-refractivity contribution in [2.75, 3.05) is 33.0 Å². The first-order valence-corrected chi connectivity index (χ1v) is 22.3. The minimum Gasteiger partial charge on any atom is -0.457 e. The molecule has 9 nitrogen and oxygen atoms in total. The van der Waals surface area contributed by atoms with E-state index in [4.69, 9.17) is 23.6 Å². The highest BCUT2D eigenvalue weighted by Crippen LogP contribution is 2.43. The molecule has 0 saturated carbocycles. The van der Waals surface area contributed by atoms with Gasteiger partial charge in [-0.2, -0.15) is 0 Å². The zero-order valence-electron chi connectivity index (χ0n) is 32.8. The highest BCUT2D eigenvalue weighted by Gasteiger charge is 2.26. The molecule has 10 heteroatoms. The fourth-order valence-electron chi connectivity index (χ4n) is 5.68. The number of esters is 1. The van der Waals surface area contributed by atoms with Gasteiger partial charge in [0, 0.05) is 13.0 Å². The molecule has 0 saturated heterocycles. The van der Waals surface area contributed by atoms with Gasteiger partial charge in [-0.3, -0.25) is 13.8 Å². The smallest absolute Gasteiger partial charge is 0.457 e. The van der Waals surface area contributed by atoms with Crippen molar-refractivity contribution < 1.29 is 43.0 Å². The van der Waals surface area contributed by atoms with Crippen LogP contribution in [0.5, 0.6) is 0 Å². The molecule has 51 heavy (non-hydrogen) atoms. The summed E-state index contributed by atoms with van der Waals surface area (Å²) in [4.78, 5) is 22.5. The quantitative estimate of drug-likeness (QED) is 0.0242. The largest absolute Gasteiger partial charge is 0.472 e. The van der Waals surface area contributed by atoms with Gasteiger partial charge in [-0.15, -0.1) is 0 Å². The molecule has 302 valence electrons. The van der Waals surface area contributed by atoms with Gasteiger partial charge in [0.05, 0.1) is 26.4 Å². The fourth-order valence-corrected chi connectivity index (χ4v) is 6.47. The predicted octanol–water partition coefficient (Wildman–Crippen LogP) is 11.1. The molecule has 0 spiro atoms. The summed E-state index contributed by atoms with van der Waals surface area (Å²) in [6.45, 7) is 3.50. The Kier molecular flexibility index (Phi) is 37.9. The summed E-state index contributed by atoms with van der Waals surface area (Å²) < 4.78 is 33.3. The number of phosphoric ester groups is 1. The van der Waals surface area contributed by atoms with E-state index in [1.807, 2.05) is 0 Å². The zero-order valence-corrected chi connectivity index (χ0v) is 33.7. The first kappa shape index (κ1) is 49.9. The van der Waals surface area contributed by atoms with Crippen LogP contribution in [-0.4, -0.2) is 66.3 Å². The number of ether oxygens (including phenoxy) is 2. The van der Waals surface area contributed by atoms with Crippen molar-refractivity contribution >= 4 is 13.8 Å². The van der Waals surface area contributed by atoms with Crippen molar-refractivity contribution in [3.8, 4) is 0 Å². The van der Waals surface area contributed by atoms with Crippen molar-refractivity contribution in [1.29, 1.82) is 0 Å². The third-order valence-corrected chi connectivity index (χ3v) is 9.84. The lowest BCUT2D eigenvalue weighted by Gasteiger charge is -2.20. The summed E-state index contributed by atoms with van der Waals surface area (Å²) in [6, 6.07) is 0. The molecule has 0 bridgehead atoms. The van der Waals surface area contributed by atoms with Crippen molar-refractivity contribution in [2.45, 2.75) is 199 Å². The number of phosphoric acid groups is 1. The third kappa shape index (κ3) is 38.5. The van der Waals surface area contributed by atoms with E-state index in [1.54, 1.807) is 0 Å². The first-order chi connectivity index (χ1) is 24.8. The van der Waals surface area contributed by atoms with Crippen LogP contribution in [-0.2, 0) is 27.9 Å². The van der Waals surface area contributed by atoms with Crippen LogP contribution in [0.3, 0.4) is 0 Å². The summed E-state index contributed by atoms with van der Waals surface area (Å²) in [7, 11) is -4.51. The highest BCUT2D eigenvalue weighted by molar-refractivity contribution is 7.47. The van der Waals surface area contributed by atoms with Gasteiger partial charge in [0.25, 0.3) is 0 Å². The van der Waals surface area contributed by atoms with Gasteiger partial charge in [0.1, 0.15) is 12.2 Å². The lowest BCUT2D eigenvalue weighted by atomic mass is 10.0. The molecule has 0 aliphatic heterocycles. The number of unbranched alkanes of at least 4 members (excludes halogenated alkanes) is 22. The summed E-state index contributed by atoms with van der Waals surface area (Å²) in [5, 5.41) is 18.3. The van der Waals surface area contributed by atoms with E-state index < -0.39 is 39.2 Å². The molecule has 0 aliphatic carbocycles. The zero-order chi connectivity index (χ0) is 37.5. The number of carbonyl (C=O) groups excluding carboxylic acids is 1. The number of hydrogen-bond donors (Lipinski definition) is 3. The molecular formula is C41H79O9P. The molecule has 0 radical (unpaired) electrons. The van der Waals surface area contributed by atoms with Crippen LogP contribution in [0.4, 0.5) is 0 Å². The van der Waals surface area contributed by atoms with Crippen LogP contribution < -0.4 is 0 Å². The van der Waals surface area contributed by atoms with E-state index in [1.165, 1.54) is 109 Å². The summed E-state index contributed by atoms with van der Waals surface area (Å²) in [5.74, 6) is -0.394. The van der Waals surface area contributed by atoms with Crippen molar-refractivity contribution in [1.82, 2.24) is 0 Å². The fraction of sp³-hybridized carbons (Fsp3) is 0.878. The SMILES string of the molecule is CCCCCC/C=C\C/C=C\CCCCCCCC(=O)OC(COCCCCCCCCCCCCCCCC)COP(=O)(O)OCC(O)CO. The molecule has 3 unspecified atom stereocenters. The van der Waals surface area contributed by atoms with Crippen LogP contribution in [0.15, 0.2) is 24.3 Å². The Morgan fingerprint density at radius 3 is 1.59 bits per heavy atom. The second-order valence-electron chi connectivity index (χ2n) is 14.0. The van der Waals surface area contributed by atoms with Crippen LogP contribution in [0, 0.1) is 0 Å². The van der Waals surface area contributed by atoms with Gasteiger partial charge < -0.3 is 24.6 Å². The minimum absolute atomic E-state index is 0.0473. The summed E-state index contributed by atoms with van der Waals surface area (Å²) >= 11 is 0. The van der Waals surface area contributed by atoms with E-state index in [9.17, 15) is 19.4 Å². The number of carbonyl (C=O) groups is 1. The monoisotopic (exact) mass is 747 g/mol. The van der Waals surface area contributed by atoms with Crippen LogP contribution in [0.25, 0.3) is 0 Å². The molecule has 0 aromatic carbocycles. The molecule has 0 amide bonds. The van der Waals surface area contributed by atoms with Gasteiger partial charge in [0.15, 0.2) is 0 Å². The highest BCUT2D eigenvalue weighted by atomic mass is 31.2. The Labute approximate surface area is 313 Å². The van der Waals surface area contributed by atoms with Crippen LogP contribution in [0.1, 0.15) is 187 Å². The molecule has 3 N–H and O–H groups in total. The number of hydrogen-bond acceptors (Lipinski definition) is 8. The number of rotatable bonds is 40. The van der Waals surface area contributed by atoms with Gasteiger partial charge in [-0.1, -0.05) is 160 Å². The van der Waals surface area contributed by atoms with Crippen LogP contribution >= 0.6 is 7.82 Å². The second kappa shape index (κ2) is 38.7. The van der Waals surface area contributed by atoms with E-state index >= 15 is 0 Å². The normalized spacial score (nSPS) is 14.4. The van der Waals surface area contributed by atoms with Crippen LogP contribution in [0.2, 0.25) is 0 Å². The standard InChI is InChI=1S/C41H79O9P/c1-3-5-7-9-11-13-15-17-19-20-21-23-25-27-29-31-33-41(44)50-40(38-49-51(45,46)48-36-39(43)35-42)37-47-34-32-30-28-26-24-22-18-16-14-12-10-8-6-4-2/h13,15,19-20,39-40,42-43H,3-12,14,16-18,21-38H2,1-2H3,(H,45,46)/b15-13-,20-19-. The predicted molar refractivity (Wildman–Crippen MR) is 210 cm³/mol. The van der Waals surface area contributed by atoms with Gasteiger partial charge >= 0.3 is 13.8 Å². The first-order valence-electron chi connectivity index (χ1n) is 20.8. The van der Waals surface area contributed by atoms with Gasteiger partial charge in [-0.25, -0.2) is 4.57 Å². The lowest BCUT2D eigenvalue weighted by Crippen LogP contribution is -2.29. The van der Waals surface area contributed by atoms with Crippen molar-refractivity contribution in [3.63, 3.8) is 0 Å². The van der Waals surface area contributed by atoms with Gasteiger partial charge in [0.2, 0.25) is 0 Å². The molecule has 0 aliphatic rings. The maximum atomic E-state index is 12.6. The van der Waals surface area contributed by atoms with E-state index in [2.05, 4.69) is 38.2 Å². The average molecular weight is 747 g/mol. The number of aliphatic hydroxyl groups excluding tert-OH is 2. The van der Waals surface area contributed by atoms with E-state index in [-0.39, 0.29) is 19.6 Å². The molecule has 0 aromatic heterocycles. The number of aliphatic hydroxyl groups is 2. The maximum absolute atomic E-state index is 12.6. The second-order valence-corrected chi connectivity index (χ2v) is 15.5. The molecular weight excluding hydrogens is 667 g/mol. The Hall–Kier alpha value is -1.06. The molecule has 0 aromatic rings. The van der Waals surface area contributed by atoms with E-state index in [0.717, 1.165) is 51.4 Å². The summed E-state index contributed by atoms with van der Waals surface area (Å²) in [6.07, 6.45) is 38.4. The third-order valence-electron chi connectivity index (χ3n) is 8.89.